The van der Waals surface area contributed by atoms with Gasteiger partial charge in [-0.3, -0.25) is 4.79 Å². The van der Waals surface area contributed by atoms with E-state index in [2.05, 4.69) is 4.98 Å². The highest BCUT2D eigenvalue weighted by atomic mass is 16.1. The van der Waals surface area contributed by atoms with Gasteiger partial charge in [0, 0.05) is 30.9 Å². The number of imidazole rings is 1. The molecule has 1 heterocycles. The molecule has 1 aliphatic carbocycles. The number of aryl methyl sites for hydroxylation is 1. The number of hydrogen-bond donors (Lipinski definition) is 1. The van der Waals surface area contributed by atoms with Gasteiger partial charge in [-0.15, -0.1) is 0 Å². The monoisotopic (exact) mass is 207 g/mol. The predicted molar refractivity (Wildman–Crippen MR) is 57.5 cm³/mol. The van der Waals surface area contributed by atoms with Crippen LogP contribution in [0.1, 0.15) is 36.8 Å². The molecule has 0 radical (unpaired) electrons. The Morgan fingerprint density at radius 2 is 2.47 bits per heavy atom. The van der Waals surface area contributed by atoms with Crippen LogP contribution in [0.15, 0.2) is 12.4 Å². The molecule has 1 fully saturated rings. The number of ketones is 1. The van der Waals surface area contributed by atoms with Gasteiger partial charge in [-0.05, 0) is 26.2 Å². The summed E-state index contributed by atoms with van der Waals surface area (Å²) in [5, 5.41) is 0. The third-order valence-electron chi connectivity index (χ3n) is 3.12. The number of rotatable bonds is 3. The van der Waals surface area contributed by atoms with E-state index in [0.29, 0.717) is 5.82 Å². The van der Waals surface area contributed by atoms with Crippen molar-refractivity contribution < 1.29 is 4.79 Å². The molecule has 2 atom stereocenters. The lowest BCUT2D eigenvalue weighted by atomic mass is 10.0. The minimum absolute atomic E-state index is 0.0905. The molecule has 0 amide bonds. The summed E-state index contributed by atoms with van der Waals surface area (Å²) in [5.74, 6) is 0.846. The maximum Gasteiger partial charge on any atom is 0.201 e. The Hall–Kier alpha value is -1.16. The molecule has 0 saturated heterocycles. The number of hydrogen-bond acceptors (Lipinski definition) is 3. The van der Waals surface area contributed by atoms with Crippen LogP contribution in [-0.4, -0.2) is 21.4 Å². The Morgan fingerprint density at radius 1 is 1.67 bits per heavy atom. The van der Waals surface area contributed by atoms with Crippen molar-refractivity contribution in [1.29, 1.82) is 0 Å². The molecule has 1 aliphatic rings. The van der Waals surface area contributed by atoms with Crippen LogP contribution >= 0.6 is 0 Å². The SMILES string of the molecule is CCn1ccnc1C(=O)C1CCC(N)C1. The van der Waals surface area contributed by atoms with Gasteiger partial charge in [0.1, 0.15) is 0 Å². The average Bonchev–Trinajstić information content (AvgIpc) is 2.84. The first-order chi connectivity index (χ1) is 7.22. The van der Waals surface area contributed by atoms with E-state index < -0.39 is 0 Å². The molecule has 0 aromatic carbocycles. The van der Waals surface area contributed by atoms with Crippen LogP contribution in [0.3, 0.4) is 0 Å². The van der Waals surface area contributed by atoms with Gasteiger partial charge in [0.2, 0.25) is 5.78 Å². The van der Waals surface area contributed by atoms with E-state index in [4.69, 9.17) is 5.73 Å². The summed E-state index contributed by atoms with van der Waals surface area (Å²) in [6.07, 6.45) is 6.23. The zero-order valence-electron chi connectivity index (χ0n) is 9.02. The molecule has 2 N–H and O–H groups in total. The maximum absolute atomic E-state index is 12.1. The van der Waals surface area contributed by atoms with E-state index in [1.165, 1.54) is 0 Å². The summed E-state index contributed by atoms with van der Waals surface area (Å²) in [5.41, 5.74) is 5.81. The Balaban J connectivity index is 2.14. The molecular formula is C11H17N3O. The van der Waals surface area contributed by atoms with Gasteiger partial charge < -0.3 is 10.3 Å². The first-order valence-corrected chi connectivity index (χ1v) is 5.53. The average molecular weight is 207 g/mol. The first kappa shape index (κ1) is 10.4. The first-order valence-electron chi connectivity index (χ1n) is 5.53. The van der Waals surface area contributed by atoms with Crippen molar-refractivity contribution in [2.45, 2.75) is 38.8 Å². The van der Waals surface area contributed by atoms with Crippen molar-refractivity contribution in [1.82, 2.24) is 9.55 Å². The molecule has 15 heavy (non-hydrogen) atoms. The highest BCUT2D eigenvalue weighted by Crippen LogP contribution is 2.26. The molecule has 0 aliphatic heterocycles. The molecule has 4 heteroatoms. The van der Waals surface area contributed by atoms with Crippen molar-refractivity contribution in [3.63, 3.8) is 0 Å². The largest absolute Gasteiger partial charge is 0.329 e. The minimum atomic E-state index is 0.0905. The topological polar surface area (TPSA) is 60.9 Å². The summed E-state index contributed by atoms with van der Waals surface area (Å²) in [4.78, 5) is 16.2. The Kier molecular flexibility index (Phi) is 2.86. The third-order valence-corrected chi connectivity index (χ3v) is 3.12. The second kappa shape index (κ2) is 4.14. The normalized spacial score (nSPS) is 25.7. The minimum Gasteiger partial charge on any atom is -0.329 e. The zero-order valence-corrected chi connectivity index (χ0v) is 9.02. The summed E-state index contributed by atoms with van der Waals surface area (Å²) in [7, 11) is 0. The molecule has 2 unspecified atom stereocenters. The van der Waals surface area contributed by atoms with Crippen molar-refractivity contribution in [2.24, 2.45) is 11.7 Å². The van der Waals surface area contributed by atoms with E-state index in [9.17, 15) is 4.79 Å². The number of carbonyl (C=O) groups is 1. The smallest absolute Gasteiger partial charge is 0.201 e. The molecule has 1 aromatic rings. The van der Waals surface area contributed by atoms with Gasteiger partial charge in [0.25, 0.3) is 0 Å². The zero-order chi connectivity index (χ0) is 10.8. The number of carbonyl (C=O) groups excluding carboxylic acids is 1. The number of Topliss-reactive ketones (excluding diaryl/α,β-unsaturated/α-hetero) is 1. The standard InChI is InChI=1S/C11H17N3O/c1-2-14-6-5-13-11(14)10(15)8-3-4-9(12)7-8/h5-6,8-9H,2-4,7,12H2,1H3. The molecule has 0 spiro atoms. The van der Waals surface area contributed by atoms with E-state index >= 15 is 0 Å². The van der Waals surface area contributed by atoms with E-state index in [1.54, 1.807) is 6.20 Å². The van der Waals surface area contributed by atoms with Gasteiger partial charge in [0.15, 0.2) is 5.82 Å². The van der Waals surface area contributed by atoms with Gasteiger partial charge in [0.05, 0.1) is 0 Å². The van der Waals surface area contributed by atoms with Crippen LogP contribution in [0.5, 0.6) is 0 Å². The maximum atomic E-state index is 12.1. The van der Waals surface area contributed by atoms with Crippen molar-refractivity contribution in [3.05, 3.63) is 18.2 Å². The van der Waals surface area contributed by atoms with Crippen LogP contribution in [-0.2, 0) is 6.54 Å². The second-order valence-corrected chi connectivity index (χ2v) is 4.17. The van der Waals surface area contributed by atoms with Crippen molar-refractivity contribution >= 4 is 5.78 Å². The van der Waals surface area contributed by atoms with Gasteiger partial charge in [-0.1, -0.05) is 0 Å². The van der Waals surface area contributed by atoms with Gasteiger partial charge in [-0.25, -0.2) is 4.98 Å². The third kappa shape index (κ3) is 1.95. The predicted octanol–water partition coefficient (Wildman–Crippen LogP) is 1.21. The lowest BCUT2D eigenvalue weighted by Crippen LogP contribution is -2.20. The van der Waals surface area contributed by atoms with Crippen LogP contribution in [0, 0.1) is 5.92 Å². The molecule has 2 rings (SSSR count). The van der Waals surface area contributed by atoms with E-state index in [1.807, 2.05) is 17.7 Å². The fourth-order valence-corrected chi connectivity index (χ4v) is 2.23. The van der Waals surface area contributed by atoms with Crippen LogP contribution in [0.2, 0.25) is 0 Å². The lowest BCUT2D eigenvalue weighted by molar-refractivity contribution is 0.0907. The highest BCUT2D eigenvalue weighted by molar-refractivity contribution is 5.95. The van der Waals surface area contributed by atoms with E-state index in [0.717, 1.165) is 25.8 Å². The van der Waals surface area contributed by atoms with Gasteiger partial charge in [-0.2, -0.15) is 0 Å². The second-order valence-electron chi connectivity index (χ2n) is 4.17. The van der Waals surface area contributed by atoms with Crippen LogP contribution in [0.25, 0.3) is 0 Å². The lowest BCUT2D eigenvalue weighted by Gasteiger charge is -2.09. The number of nitrogens with two attached hydrogens (primary N) is 1. The van der Waals surface area contributed by atoms with Crippen LogP contribution < -0.4 is 5.73 Å². The summed E-state index contributed by atoms with van der Waals surface area (Å²) in [6, 6.07) is 0.198. The summed E-state index contributed by atoms with van der Waals surface area (Å²) < 4.78 is 1.90. The molecule has 0 bridgehead atoms. The molecule has 1 aromatic heterocycles. The van der Waals surface area contributed by atoms with Crippen molar-refractivity contribution in [2.75, 3.05) is 0 Å². The summed E-state index contributed by atoms with van der Waals surface area (Å²) in [6.45, 7) is 2.80. The van der Waals surface area contributed by atoms with Crippen LogP contribution in [0.4, 0.5) is 0 Å². The quantitative estimate of drug-likeness (QED) is 0.758. The highest BCUT2D eigenvalue weighted by Gasteiger charge is 2.30. The fraction of sp³-hybridized carbons (Fsp3) is 0.636. The Bertz CT molecular complexity index is 358. The fourth-order valence-electron chi connectivity index (χ4n) is 2.23. The Labute approximate surface area is 89.5 Å². The summed E-state index contributed by atoms with van der Waals surface area (Å²) >= 11 is 0. The van der Waals surface area contributed by atoms with Gasteiger partial charge >= 0.3 is 0 Å². The number of nitrogens with zero attached hydrogens (tertiary/aromatic N) is 2. The molecule has 1 saturated carbocycles. The van der Waals surface area contributed by atoms with E-state index in [-0.39, 0.29) is 17.7 Å². The van der Waals surface area contributed by atoms with Crippen molar-refractivity contribution in [3.8, 4) is 0 Å². The number of aromatic nitrogens is 2. The molecule has 4 nitrogen and oxygen atoms in total. The molecule has 82 valence electrons. The Morgan fingerprint density at radius 3 is 3.07 bits per heavy atom. The molecular weight excluding hydrogens is 190 g/mol.